The van der Waals surface area contributed by atoms with E-state index in [9.17, 15) is 4.79 Å². The maximum Gasteiger partial charge on any atom is 0.410 e. The average Bonchev–Trinajstić information content (AvgIpc) is 2.53. The van der Waals surface area contributed by atoms with Gasteiger partial charge in [-0.05, 0) is 32.9 Å². The van der Waals surface area contributed by atoms with Crippen LogP contribution in [0.2, 0.25) is 0 Å². The molecule has 1 aliphatic rings. The lowest BCUT2D eigenvalue weighted by Gasteiger charge is -2.40. The second-order valence-corrected chi connectivity index (χ2v) is 6.89. The van der Waals surface area contributed by atoms with E-state index < -0.39 is 5.60 Å². The van der Waals surface area contributed by atoms with Crippen molar-refractivity contribution in [2.45, 2.75) is 32.4 Å². The van der Waals surface area contributed by atoms with Gasteiger partial charge >= 0.3 is 6.09 Å². The van der Waals surface area contributed by atoms with E-state index in [0.29, 0.717) is 24.5 Å². The van der Waals surface area contributed by atoms with E-state index in [-0.39, 0.29) is 12.1 Å². The van der Waals surface area contributed by atoms with Crippen LogP contribution in [0.3, 0.4) is 0 Å². The van der Waals surface area contributed by atoms with E-state index in [1.54, 1.807) is 29.6 Å². The van der Waals surface area contributed by atoms with E-state index in [0.717, 1.165) is 5.56 Å². The number of pyridine rings is 1. The van der Waals surface area contributed by atoms with Gasteiger partial charge in [0.15, 0.2) is 0 Å². The zero-order chi connectivity index (χ0) is 19.2. The molecule has 1 aliphatic heterocycles. The summed E-state index contributed by atoms with van der Waals surface area (Å²) in [7, 11) is 0. The van der Waals surface area contributed by atoms with Crippen LogP contribution < -0.4 is 5.32 Å². The van der Waals surface area contributed by atoms with Gasteiger partial charge in [-0.1, -0.05) is 12.7 Å². The van der Waals surface area contributed by atoms with Gasteiger partial charge in [0.1, 0.15) is 11.4 Å². The summed E-state index contributed by atoms with van der Waals surface area (Å²) in [5.41, 5.74) is 0.903. The third-order valence-corrected chi connectivity index (χ3v) is 3.55. The lowest BCUT2D eigenvalue weighted by molar-refractivity contribution is 0.0104. The highest BCUT2D eigenvalue weighted by Gasteiger charge is 2.34. The molecule has 0 radical (unpaired) electrons. The molecule has 138 valence electrons. The highest BCUT2D eigenvalue weighted by Crippen LogP contribution is 2.24. The van der Waals surface area contributed by atoms with Gasteiger partial charge in [0.05, 0.1) is 6.04 Å². The summed E-state index contributed by atoms with van der Waals surface area (Å²) < 4.78 is 5.36. The number of aliphatic imine (C=N–C) groups is 1. The van der Waals surface area contributed by atoms with Gasteiger partial charge in [-0.15, -0.1) is 0 Å². The van der Waals surface area contributed by atoms with Gasteiger partial charge < -0.3 is 20.4 Å². The molecule has 1 aromatic rings. The number of likely N-dealkylation sites (tertiary alicyclic amines) is 1. The fourth-order valence-corrected chi connectivity index (χ4v) is 2.36. The Hall–Kier alpha value is -2.96. The number of carbonyl (C=O) groups is 1. The first-order valence-electron chi connectivity index (χ1n) is 8.38. The van der Waals surface area contributed by atoms with Crippen LogP contribution in [-0.2, 0) is 4.74 Å². The monoisotopic (exact) mass is 355 g/mol. The summed E-state index contributed by atoms with van der Waals surface area (Å²) in [6.07, 6.45) is 7.32. The van der Waals surface area contributed by atoms with E-state index >= 15 is 0 Å². The largest absolute Gasteiger partial charge is 0.444 e. The van der Waals surface area contributed by atoms with Gasteiger partial charge in [0.25, 0.3) is 0 Å². The van der Waals surface area contributed by atoms with E-state index in [2.05, 4.69) is 21.9 Å². The van der Waals surface area contributed by atoms with Crippen molar-refractivity contribution < 1.29 is 9.53 Å². The van der Waals surface area contributed by atoms with Crippen molar-refractivity contribution in [1.82, 2.24) is 9.88 Å². The molecule has 2 N–H and O–H groups in total. The fraction of sp³-hybridized carbons (Fsp3) is 0.368. The van der Waals surface area contributed by atoms with Gasteiger partial charge in [-0.2, -0.15) is 0 Å². The molecule has 2 rings (SSSR count). The third-order valence-electron chi connectivity index (χ3n) is 3.55. The van der Waals surface area contributed by atoms with Crippen LogP contribution in [0.15, 0.2) is 42.2 Å². The highest BCUT2D eigenvalue weighted by atomic mass is 16.6. The molecule has 7 nitrogen and oxygen atoms in total. The lowest BCUT2D eigenvalue weighted by atomic mass is 10.1. The van der Waals surface area contributed by atoms with Crippen molar-refractivity contribution >= 4 is 29.9 Å². The molecule has 26 heavy (non-hydrogen) atoms. The number of rotatable bonds is 6. The summed E-state index contributed by atoms with van der Waals surface area (Å²) in [4.78, 5) is 22.1. The van der Waals surface area contributed by atoms with Gasteiger partial charge in [-0.25, -0.2) is 9.78 Å². The normalized spacial score (nSPS) is 15.5. The Morgan fingerprint density at radius 1 is 1.50 bits per heavy atom. The molecular formula is C19H25N5O2. The van der Waals surface area contributed by atoms with Crippen LogP contribution in [0.5, 0.6) is 0 Å². The number of amides is 1. The number of allylic oxidation sites excluding steroid dienone is 2. The fourth-order valence-electron chi connectivity index (χ4n) is 2.36. The van der Waals surface area contributed by atoms with Crippen molar-refractivity contribution in [1.29, 1.82) is 5.41 Å². The van der Waals surface area contributed by atoms with Crippen LogP contribution in [0.1, 0.15) is 26.3 Å². The molecule has 1 saturated heterocycles. The highest BCUT2D eigenvalue weighted by molar-refractivity contribution is 6.10. The van der Waals surface area contributed by atoms with Gasteiger partial charge in [0.2, 0.25) is 0 Å². The van der Waals surface area contributed by atoms with Crippen molar-refractivity contribution in [3.8, 4) is 0 Å². The molecule has 7 heteroatoms. The maximum absolute atomic E-state index is 12.0. The first-order chi connectivity index (χ1) is 12.3. The minimum atomic E-state index is -0.501. The number of ether oxygens (including phenoxy) is 1. The molecule has 0 saturated carbocycles. The Balaban J connectivity index is 2.03. The summed E-state index contributed by atoms with van der Waals surface area (Å²) >= 11 is 0. The first kappa shape index (κ1) is 19.4. The molecule has 1 amide bonds. The molecule has 2 heterocycles. The Kier molecular flexibility index (Phi) is 6.27. The van der Waals surface area contributed by atoms with E-state index in [1.165, 1.54) is 6.21 Å². The standard InChI is InChI=1S/C19H25N5O2/c1-5-8-21-11-14(10-20)16-7-6-9-22-17(16)23-15-12-24(13-15)18(25)26-19(2,3)4/h5-11,15,20H,1,12-13H2,2-4H3,(H,22,23). The molecule has 0 aliphatic carbocycles. The minimum Gasteiger partial charge on any atom is -0.444 e. The Morgan fingerprint density at radius 2 is 2.23 bits per heavy atom. The summed E-state index contributed by atoms with van der Waals surface area (Å²) in [5.74, 6) is 0.657. The second kappa shape index (κ2) is 8.42. The third kappa shape index (κ3) is 5.27. The van der Waals surface area contributed by atoms with E-state index in [4.69, 9.17) is 10.1 Å². The zero-order valence-electron chi connectivity index (χ0n) is 15.4. The van der Waals surface area contributed by atoms with E-state index in [1.807, 2.05) is 32.9 Å². The number of anilines is 1. The van der Waals surface area contributed by atoms with Crippen molar-refractivity contribution in [2.75, 3.05) is 18.4 Å². The average molecular weight is 355 g/mol. The van der Waals surface area contributed by atoms with Crippen LogP contribution in [-0.4, -0.2) is 53.1 Å². The SMILES string of the molecule is C=CC=NC=C(C=N)c1cccnc1NC1CN(C(=O)OC(C)(C)C)C1. The topological polar surface area (TPSA) is 90.7 Å². The molecule has 0 unspecified atom stereocenters. The molecule has 0 spiro atoms. The molecule has 0 atom stereocenters. The molecular weight excluding hydrogens is 330 g/mol. The van der Waals surface area contributed by atoms with Crippen molar-refractivity contribution in [3.05, 3.63) is 42.7 Å². The van der Waals surface area contributed by atoms with Gasteiger partial charge in [-0.3, -0.25) is 4.99 Å². The summed E-state index contributed by atoms with van der Waals surface area (Å²) in [6.45, 7) is 10.2. The number of nitrogens with one attached hydrogen (secondary N) is 2. The number of hydrogen-bond donors (Lipinski definition) is 2. The molecule has 0 aromatic carbocycles. The van der Waals surface area contributed by atoms with Crippen LogP contribution in [0.25, 0.3) is 5.57 Å². The predicted molar refractivity (Wildman–Crippen MR) is 105 cm³/mol. The minimum absolute atomic E-state index is 0.0832. The van der Waals surface area contributed by atoms with Crippen molar-refractivity contribution in [3.63, 3.8) is 0 Å². The van der Waals surface area contributed by atoms with Gasteiger partial charge in [0, 0.05) is 49.1 Å². The second-order valence-electron chi connectivity index (χ2n) is 6.89. The molecule has 1 aromatic heterocycles. The lowest BCUT2D eigenvalue weighted by Crippen LogP contribution is -2.58. The maximum atomic E-state index is 12.0. The molecule has 1 fully saturated rings. The number of aromatic nitrogens is 1. The number of hydrogen-bond acceptors (Lipinski definition) is 6. The quantitative estimate of drug-likeness (QED) is 0.766. The smallest absolute Gasteiger partial charge is 0.410 e. The summed E-state index contributed by atoms with van der Waals surface area (Å²) in [6, 6.07) is 3.77. The first-order valence-corrected chi connectivity index (χ1v) is 8.38. The van der Waals surface area contributed by atoms with Crippen LogP contribution in [0.4, 0.5) is 10.6 Å². The molecule has 0 bridgehead atoms. The van der Waals surface area contributed by atoms with Crippen LogP contribution in [0, 0.1) is 5.41 Å². The Labute approximate surface area is 154 Å². The zero-order valence-corrected chi connectivity index (χ0v) is 15.4. The van der Waals surface area contributed by atoms with Crippen LogP contribution >= 0.6 is 0 Å². The Bertz CT molecular complexity index is 728. The summed E-state index contributed by atoms with van der Waals surface area (Å²) in [5, 5.41) is 10.9. The number of nitrogens with zero attached hydrogens (tertiary/aromatic N) is 3. The predicted octanol–water partition coefficient (Wildman–Crippen LogP) is 3.36. The number of carbonyl (C=O) groups excluding carboxylic acids is 1. The van der Waals surface area contributed by atoms with Crippen molar-refractivity contribution in [2.24, 2.45) is 4.99 Å². The Morgan fingerprint density at radius 3 is 2.85 bits per heavy atom.